The fourth-order valence-corrected chi connectivity index (χ4v) is 9.10. The molecule has 0 amide bonds. The van der Waals surface area contributed by atoms with E-state index in [0.29, 0.717) is 11.1 Å². The second-order valence-corrected chi connectivity index (χ2v) is 17.3. The molecule has 4 atom stereocenters. The van der Waals surface area contributed by atoms with Crippen molar-refractivity contribution >= 4 is 56.2 Å². The molecule has 3 aliphatic rings. The van der Waals surface area contributed by atoms with Gasteiger partial charge in [0, 0.05) is 56.3 Å². The van der Waals surface area contributed by atoms with Crippen LogP contribution in [0.1, 0.15) is 132 Å². The van der Waals surface area contributed by atoms with Gasteiger partial charge in [-0.25, -0.2) is 0 Å². The molecule has 0 saturated heterocycles. The molecule has 2 aliphatic carbocycles. The van der Waals surface area contributed by atoms with Gasteiger partial charge in [0.15, 0.2) is 11.2 Å². The van der Waals surface area contributed by atoms with Crippen LogP contribution in [0.15, 0.2) is 12.1 Å². The molecule has 6 N–H and O–H groups in total. The van der Waals surface area contributed by atoms with Crippen LogP contribution in [0.4, 0.5) is 0 Å². The first-order valence-electron chi connectivity index (χ1n) is 18.7. The average molecular weight is 797 g/mol. The van der Waals surface area contributed by atoms with Crippen molar-refractivity contribution in [1.29, 1.82) is 0 Å². The van der Waals surface area contributed by atoms with Crippen molar-refractivity contribution in [3.8, 4) is 34.5 Å². The number of carbonyl (C=O) groups is 6. The number of aromatic hydroxyl groups is 4. The fraction of sp³-hybridized carbons (Fsp3) is 0.409. The number of phenolic OH excluding ortho intramolecular Hbond substituents is 4. The number of benzene rings is 4. The lowest BCUT2D eigenvalue weighted by atomic mass is 9.68. The molecule has 4 aromatic carbocycles. The minimum atomic E-state index is -2.95. The molecule has 14 nitrogen and oxygen atoms in total. The molecule has 0 fully saturated rings. The van der Waals surface area contributed by atoms with Crippen molar-refractivity contribution in [2.24, 2.45) is 0 Å². The minimum Gasteiger partial charge on any atom is -0.507 e. The molecule has 304 valence electrons. The lowest BCUT2D eigenvalue weighted by molar-refractivity contribution is -0.120. The summed E-state index contributed by atoms with van der Waals surface area (Å²) in [5.41, 5.74) is -10.1. The van der Waals surface area contributed by atoms with Crippen molar-refractivity contribution in [3.05, 3.63) is 56.6 Å². The van der Waals surface area contributed by atoms with Gasteiger partial charge in [-0.2, -0.15) is 0 Å². The minimum absolute atomic E-state index is 0.00202. The van der Waals surface area contributed by atoms with Gasteiger partial charge in [-0.1, -0.05) is 27.7 Å². The molecule has 4 unspecified atom stereocenters. The predicted octanol–water partition coefficient (Wildman–Crippen LogP) is 5.41. The van der Waals surface area contributed by atoms with Crippen LogP contribution in [0.2, 0.25) is 0 Å². The Bertz CT molecular complexity index is 2500. The van der Waals surface area contributed by atoms with Crippen LogP contribution in [-0.2, 0) is 20.4 Å². The lowest BCUT2D eigenvalue weighted by Gasteiger charge is -2.43. The van der Waals surface area contributed by atoms with E-state index in [1.165, 1.54) is 12.1 Å². The summed E-state index contributed by atoms with van der Waals surface area (Å²) in [6.07, 6.45) is -4.00. The van der Waals surface area contributed by atoms with Crippen molar-refractivity contribution in [1.82, 2.24) is 0 Å². The Kier molecular flexibility index (Phi) is 8.57. The van der Waals surface area contributed by atoms with Gasteiger partial charge in [-0.15, -0.1) is 0 Å². The Morgan fingerprint density at radius 1 is 0.569 bits per heavy atom. The first kappa shape index (κ1) is 40.3. The molecule has 4 aromatic rings. The Morgan fingerprint density at radius 3 is 1.16 bits per heavy atom. The van der Waals surface area contributed by atoms with Crippen LogP contribution < -0.4 is 9.47 Å². The lowest BCUT2D eigenvalue weighted by Crippen LogP contribution is -2.51. The third-order valence-corrected chi connectivity index (χ3v) is 12.7. The summed E-state index contributed by atoms with van der Waals surface area (Å²) in [6, 6.07) is 2.49. The smallest absolute Gasteiger partial charge is 0.207 e. The van der Waals surface area contributed by atoms with Crippen LogP contribution in [-0.4, -0.2) is 88.7 Å². The molecule has 7 rings (SSSR count). The van der Waals surface area contributed by atoms with Crippen molar-refractivity contribution < 1.29 is 68.9 Å². The number of carbonyl (C=O) groups excluding carboxylic acids is 6. The van der Waals surface area contributed by atoms with E-state index in [9.17, 15) is 59.4 Å². The monoisotopic (exact) mass is 796 g/mol. The largest absolute Gasteiger partial charge is 0.507 e. The van der Waals surface area contributed by atoms with Gasteiger partial charge in [0.05, 0.1) is 22.3 Å². The number of ketones is 6. The van der Waals surface area contributed by atoms with Gasteiger partial charge in [0.1, 0.15) is 58.3 Å². The highest BCUT2D eigenvalue weighted by molar-refractivity contribution is 6.38. The number of aryl methyl sites for hydroxylation is 2. The zero-order chi connectivity index (χ0) is 43.3. The van der Waals surface area contributed by atoms with Crippen molar-refractivity contribution in [2.45, 2.75) is 116 Å². The van der Waals surface area contributed by atoms with E-state index in [1.807, 2.05) is 0 Å². The third kappa shape index (κ3) is 4.97. The Hall–Kier alpha value is -5.86. The van der Waals surface area contributed by atoms with Gasteiger partial charge in [-0.3, -0.25) is 28.8 Å². The summed E-state index contributed by atoms with van der Waals surface area (Å²) in [7, 11) is 0. The average Bonchev–Trinajstić information content (AvgIpc) is 3.08. The highest BCUT2D eigenvalue weighted by Crippen LogP contribution is 2.59. The van der Waals surface area contributed by atoms with E-state index < -0.39 is 127 Å². The summed E-state index contributed by atoms with van der Waals surface area (Å²) in [4.78, 5) is 81.3. The maximum atomic E-state index is 14.3. The van der Waals surface area contributed by atoms with E-state index in [0.717, 1.165) is 13.8 Å². The van der Waals surface area contributed by atoms with E-state index in [1.54, 1.807) is 55.4 Å². The molecule has 1 heterocycles. The van der Waals surface area contributed by atoms with E-state index in [4.69, 9.17) is 9.47 Å². The number of hydrogen-bond acceptors (Lipinski definition) is 14. The van der Waals surface area contributed by atoms with Gasteiger partial charge in [-0.05, 0) is 64.8 Å². The third-order valence-electron chi connectivity index (χ3n) is 12.7. The molecule has 0 aromatic heterocycles. The fourth-order valence-electron chi connectivity index (χ4n) is 9.10. The standard InChI is InChI=1S/C44H44O14/c1-15-11-21(47)25-27-23(15)35-31(33(49)29(27)39(53)43(55,37(25)51)13-17(3)45)41(7,8)20(6)58-36-24-16(2)12-22(48)26-28(24)30(34(50)32(36)42(9,10)19(5)57-35)40(54)44(56,38(26)52)14-18(4)46/h11-12,19-20,47-50,55-56H,13-14H2,1-10H3. The number of phenols is 4. The molecule has 58 heavy (non-hydrogen) atoms. The molecular weight excluding hydrogens is 752 g/mol. The second-order valence-electron chi connectivity index (χ2n) is 17.3. The van der Waals surface area contributed by atoms with Gasteiger partial charge in [0.25, 0.3) is 0 Å². The number of hydrogen-bond donors (Lipinski definition) is 6. The zero-order valence-electron chi connectivity index (χ0n) is 33.7. The molecular formula is C44H44O14. The number of aliphatic hydroxyl groups is 2. The van der Waals surface area contributed by atoms with Crippen LogP contribution in [0.25, 0.3) is 21.5 Å². The Labute approximate surface area is 332 Å². The Balaban J connectivity index is 1.61. The Morgan fingerprint density at radius 2 is 0.862 bits per heavy atom. The van der Waals surface area contributed by atoms with E-state index in [2.05, 4.69) is 0 Å². The molecule has 14 heteroatoms. The highest BCUT2D eigenvalue weighted by atomic mass is 16.5. The van der Waals surface area contributed by atoms with E-state index in [-0.39, 0.29) is 44.2 Å². The van der Waals surface area contributed by atoms with Crippen LogP contribution in [0, 0.1) is 13.8 Å². The number of fused-ring (bicyclic) bond motifs is 4. The first-order valence-corrected chi connectivity index (χ1v) is 18.7. The maximum Gasteiger partial charge on any atom is 0.207 e. The summed E-state index contributed by atoms with van der Waals surface area (Å²) >= 11 is 0. The van der Waals surface area contributed by atoms with Gasteiger partial charge >= 0.3 is 0 Å². The maximum absolute atomic E-state index is 14.3. The first-order chi connectivity index (χ1) is 26.7. The van der Waals surface area contributed by atoms with Crippen LogP contribution in [0.3, 0.4) is 0 Å². The zero-order valence-corrected chi connectivity index (χ0v) is 33.7. The molecule has 0 spiro atoms. The summed E-state index contributed by atoms with van der Waals surface area (Å²) in [5.74, 6) is -9.07. The summed E-state index contributed by atoms with van der Waals surface area (Å²) < 4.78 is 13.7. The van der Waals surface area contributed by atoms with Crippen molar-refractivity contribution in [3.63, 3.8) is 0 Å². The van der Waals surface area contributed by atoms with Gasteiger partial charge < -0.3 is 40.1 Å². The number of ether oxygens (including phenoxy) is 2. The molecule has 1 aliphatic heterocycles. The molecule has 0 radical (unpaired) electrons. The highest BCUT2D eigenvalue weighted by Gasteiger charge is 2.56. The van der Waals surface area contributed by atoms with Crippen LogP contribution >= 0.6 is 0 Å². The predicted molar refractivity (Wildman–Crippen MR) is 208 cm³/mol. The molecule has 0 bridgehead atoms. The second kappa shape index (κ2) is 12.3. The van der Waals surface area contributed by atoms with E-state index >= 15 is 0 Å². The number of Topliss-reactive ketones (excluding diaryl/α,β-unsaturated/α-hetero) is 6. The summed E-state index contributed by atoms with van der Waals surface area (Å²) in [5, 5.41) is 70.2. The number of rotatable bonds is 4. The van der Waals surface area contributed by atoms with Gasteiger partial charge in [0.2, 0.25) is 23.1 Å². The van der Waals surface area contributed by atoms with Crippen LogP contribution in [0.5, 0.6) is 34.5 Å². The normalized spacial score (nSPS) is 24.6. The summed E-state index contributed by atoms with van der Waals surface area (Å²) in [6.45, 7) is 15.2. The SMILES string of the molecule is CC(=O)CC1(O)C(=O)c2c(O)cc(C)c3c4c(c(O)c(c23)C1=O)C(C)(C)C(C)Oc1c(c(O)c2c3c(c(O)cc(C)c13)C(=O)C(O)(CC(C)=O)C2=O)C(C)(C)C(C)O4. The molecule has 0 saturated carbocycles. The van der Waals surface area contributed by atoms with Crippen molar-refractivity contribution in [2.75, 3.05) is 0 Å². The topological polar surface area (TPSA) is 242 Å². The quantitative estimate of drug-likeness (QED) is 0.142.